The first kappa shape index (κ1) is 19.5. The summed E-state index contributed by atoms with van der Waals surface area (Å²) < 4.78 is 25.4. The average molecular weight is 426 g/mol. The van der Waals surface area contributed by atoms with E-state index in [4.69, 9.17) is 9.47 Å². The summed E-state index contributed by atoms with van der Waals surface area (Å²) >= 11 is 0. The highest BCUT2D eigenvalue weighted by Gasteiger charge is 2.30. The maximum Gasteiger partial charge on any atom is 0.255 e. The Labute approximate surface area is 178 Å². The molecule has 1 atom stereocenters. The fraction of sp³-hybridized carbons (Fsp3) is 0.318. The largest absolute Gasteiger partial charge is 0.503 e. The van der Waals surface area contributed by atoms with Crippen molar-refractivity contribution in [3.63, 3.8) is 0 Å². The van der Waals surface area contributed by atoms with Crippen molar-refractivity contribution in [3.05, 3.63) is 59.0 Å². The van der Waals surface area contributed by atoms with Crippen molar-refractivity contribution >= 4 is 22.9 Å². The second kappa shape index (κ2) is 7.99. The molecule has 1 fully saturated rings. The molecular formula is C22H23FN4O4. The first-order valence-electron chi connectivity index (χ1n) is 10.3. The number of phenolic OH excluding ortho intramolecular Hbond substituents is 1. The number of amides is 1. The Bertz CT molecular complexity index is 1090. The smallest absolute Gasteiger partial charge is 0.255 e. The zero-order valence-electron chi connectivity index (χ0n) is 16.8. The van der Waals surface area contributed by atoms with Crippen LogP contribution in [0.25, 0.3) is 5.57 Å². The number of rotatable bonds is 6. The number of para-hydroxylation sites is 1. The molecule has 162 valence electrons. The Morgan fingerprint density at radius 2 is 2.23 bits per heavy atom. The van der Waals surface area contributed by atoms with Gasteiger partial charge in [-0.15, -0.1) is 0 Å². The molecule has 2 aromatic rings. The van der Waals surface area contributed by atoms with Crippen LogP contribution in [0.15, 0.2) is 36.2 Å². The van der Waals surface area contributed by atoms with Crippen molar-refractivity contribution in [2.24, 2.45) is 0 Å². The zero-order valence-corrected chi connectivity index (χ0v) is 16.8. The molecule has 0 radical (unpaired) electrons. The van der Waals surface area contributed by atoms with Gasteiger partial charge in [0, 0.05) is 50.0 Å². The quantitative estimate of drug-likeness (QED) is 0.455. The molecule has 3 aliphatic rings. The Morgan fingerprint density at radius 3 is 3.03 bits per heavy atom. The molecule has 5 N–H and O–H groups in total. The number of aromatic amines is 1. The van der Waals surface area contributed by atoms with Gasteiger partial charge >= 0.3 is 0 Å². The summed E-state index contributed by atoms with van der Waals surface area (Å²) in [5.74, 6) is -0.864. The molecule has 0 saturated carbocycles. The van der Waals surface area contributed by atoms with E-state index >= 15 is 0 Å². The van der Waals surface area contributed by atoms with Gasteiger partial charge in [-0.1, -0.05) is 12.1 Å². The first-order chi connectivity index (χ1) is 15.1. The molecule has 0 spiro atoms. The van der Waals surface area contributed by atoms with E-state index in [1.165, 1.54) is 12.1 Å². The highest BCUT2D eigenvalue weighted by Crippen LogP contribution is 2.39. The van der Waals surface area contributed by atoms with Gasteiger partial charge in [-0.05, 0) is 12.1 Å². The number of benzene rings is 1. The van der Waals surface area contributed by atoms with Crippen LogP contribution in [-0.4, -0.2) is 48.4 Å². The number of dihydropyridines is 1. The topological polar surface area (TPSA) is 108 Å². The molecule has 8 nitrogen and oxygen atoms in total. The summed E-state index contributed by atoms with van der Waals surface area (Å²) in [6.07, 6.45) is 5.42. The van der Waals surface area contributed by atoms with Gasteiger partial charge in [-0.25, -0.2) is 4.39 Å². The third kappa shape index (κ3) is 3.61. The van der Waals surface area contributed by atoms with E-state index in [1.54, 1.807) is 12.3 Å². The Hall–Kier alpha value is -3.46. The van der Waals surface area contributed by atoms with Gasteiger partial charge in [0.15, 0.2) is 11.6 Å². The number of ether oxygens (including phenoxy) is 2. The van der Waals surface area contributed by atoms with Crippen LogP contribution in [0.1, 0.15) is 28.2 Å². The van der Waals surface area contributed by atoms with E-state index in [9.17, 15) is 14.3 Å². The molecule has 1 aromatic heterocycles. The number of hydrogen-bond acceptors (Lipinski definition) is 6. The van der Waals surface area contributed by atoms with E-state index in [0.29, 0.717) is 48.8 Å². The van der Waals surface area contributed by atoms with Gasteiger partial charge in [-0.3, -0.25) is 4.79 Å². The summed E-state index contributed by atoms with van der Waals surface area (Å²) in [5, 5.41) is 19.2. The third-order valence-corrected chi connectivity index (χ3v) is 5.62. The fourth-order valence-corrected chi connectivity index (χ4v) is 3.89. The monoisotopic (exact) mass is 426 g/mol. The van der Waals surface area contributed by atoms with E-state index in [1.807, 2.05) is 6.08 Å². The molecule has 4 heterocycles. The van der Waals surface area contributed by atoms with E-state index in [0.717, 1.165) is 24.3 Å². The van der Waals surface area contributed by atoms with Gasteiger partial charge in [-0.2, -0.15) is 0 Å². The van der Waals surface area contributed by atoms with Crippen LogP contribution in [0.4, 0.5) is 15.8 Å². The molecule has 0 bridgehead atoms. The fourth-order valence-electron chi connectivity index (χ4n) is 3.89. The Kier molecular flexibility index (Phi) is 5.03. The van der Waals surface area contributed by atoms with Crippen LogP contribution in [0.3, 0.4) is 0 Å². The second-order valence-electron chi connectivity index (χ2n) is 7.62. The average Bonchev–Trinajstić information content (AvgIpc) is 3.10. The number of carbonyl (C=O) groups excluding carboxylic acids is 1. The van der Waals surface area contributed by atoms with E-state index < -0.39 is 11.6 Å². The van der Waals surface area contributed by atoms with Crippen LogP contribution in [0.5, 0.6) is 5.75 Å². The zero-order chi connectivity index (χ0) is 21.4. The van der Waals surface area contributed by atoms with Crippen molar-refractivity contribution in [2.75, 3.05) is 31.6 Å². The number of phenols is 1. The number of carbonyl (C=O) groups is 1. The molecule has 1 saturated heterocycles. The van der Waals surface area contributed by atoms with Gasteiger partial charge in [0.25, 0.3) is 5.91 Å². The van der Waals surface area contributed by atoms with Gasteiger partial charge in [0.2, 0.25) is 0 Å². The predicted octanol–water partition coefficient (Wildman–Crippen LogP) is 2.52. The Morgan fingerprint density at radius 1 is 1.35 bits per heavy atom. The van der Waals surface area contributed by atoms with Crippen molar-refractivity contribution in [2.45, 2.75) is 18.9 Å². The Balaban J connectivity index is 1.54. The molecule has 1 unspecified atom stereocenters. The standard InChI is InChI=1S/C22H23FN4O4/c23-14-2-1-3-16(21(14)28)27-20-18-15(5-8-25-22(18)29)26-19(20)13-4-7-24-10-17(13)31-11-12-6-9-30-12/h1-4,10,12,24,26-28H,5-9,11H2,(H,25,29). The molecule has 0 aliphatic carbocycles. The number of aromatic hydroxyl groups is 1. The number of nitrogens with one attached hydrogen (secondary N) is 4. The lowest BCUT2D eigenvalue weighted by atomic mass is 10.0. The van der Waals surface area contributed by atoms with Gasteiger partial charge < -0.3 is 35.5 Å². The molecule has 3 aliphatic heterocycles. The summed E-state index contributed by atoms with van der Waals surface area (Å²) in [7, 11) is 0. The molecule has 1 amide bonds. The van der Waals surface area contributed by atoms with Crippen LogP contribution < -0.4 is 16.0 Å². The van der Waals surface area contributed by atoms with Crippen LogP contribution in [0, 0.1) is 5.82 Å². The minimum atomic E-state index is -0.745. The lowest BCUT2D eigenvalue weighted by molar-refractivity contribution is -0.0820. The lowest BCUT2D eigenvalue weighted by Gasteiger charge is -2.28. The summed E-state index contributed by atoms with van der Waals surface area (Å²) in [6, 6.07) is 4.22. The minimum Gasteiger partial charge on any atom is -0.503 e. The number of allylic oxidation sites excluding steroid dienone is 1. The van der Waals surface area contributed by atoms with Crippen LogP contribution in [-0.2, 0) is 15.9 Å². The number of fused-ring (bicyclic) bond motifs is 1. The minimum absolute atomic E-state index is 0.0774. The lowest BCUT2D eigenvalue weighted by Crippen LogP contribution is -2.31. The molecular weight excluding hydrogens is 403 g/mol. The molecule has 1 aromatic carbocycles. The van der Waals surface area contributed by atoms with Crippen molar-refractivity contribution in [1.82, 2.24) is 15.6 Å². The first-order valence-corrected chi connectivity index (χ1v) is 10.3. The van der Waals surface area contributed by atoms with E-state index in [2.05, 4.69) is 20.9 Å². The van der Waals surface area contributed by atoms with Gasteiger partial charge in [0.1, 0.15) is 12.4 Å². The number of aromatic nitrogens is 1. The van der Waals surface area contributed by atoms with Crippen LogP contribution in [0.2, 0.25) is 0 Å². The number of anilines is 2. The number of H-pyrrole nitrogens is 1. The van der Waals surface area contributed by atoms with Gasteiger partial charge in [0.05, 0.1) is 28.7 Å². The maximum atomic E-state index is 13.9. The number of hydrogen-bond donors (Lipinski definition) is 5. The van der Waals surface area contributed by atoms with Crippen LogP contribution >= 0.6 is 0 Å². The molecule has 31 heavy (non-hydrogen) atoms. The normalized spacial score (nSPS) is 19.9. The predicted molar refractivity (Wildman–Crippen MR) is 113 cm³/mol. The number of halogens is 1. The summed E-state index contributed by atoms with van der Waals surface area (Å²) in [5.41, 5.74) is 3.29. The summed E-state index contributed by atoms with van der Waals surface area (Å²) in [4.78, 5) is 16.0. The van der Waals surface area contributed by atoms with Crippen molar-refractivity contribution < 1.29 is 23.8 Å². The second-order valence-corrected chi connectivity index (χ2v) is 7.62. The molecule has 9 heteroatoms. The maximum absolute atomic E-state index is 13.9. The third-order valence-electron chi connectivity index (χ3n) is 5.62. The SMILES string of the molecule is O=C1NCCc2[nH]c(C3=CCNC=C3OCC3CCO3)c(Nc3cccc(F)c3O)c21. The van der Waals surface area contributed by atoms with Crippen molar-refractivity contribution in [1.29, 1.82) is 0 Å². The van der Waals surface area contributed by atoms with Crippen molar-refractivity contribution in [3.8, 4) is 5.75 Å². The highest BCUT2D eigenvalue weighted by atomic mass is 19.1. The highest BCUT2D eigenvalue weighted by molar-refractivity contribution is 6.06. The summed E-state index contributed by atoms with van der Waals surface area (Å²) in [6.45, 7) is 2.29. The molecule has 5 rings (SSSR count). The van der Waals surface area contributed by atoms with E-state index in [-0.39, 0.29) is 17.7 Å².